The maximum Gasteiger partial charge on any atom is -0.00218 e. The monoisotopic (exact) mass is 584 g/mol. The van der Waals surface area contributed by atoms with Gasteiger partial charge in [-0.05, 0) is 97.2 Å². The Bertz CT molecular complexity index is 546. The minimum absolute atomic E-state index is 1.12. The van der Waals surface area contributed by atoms with E-state index in [1.165, 1.54) is 180 Å². The van der Waals surface area contributed by atoms with Gasteiger partial charge in [-0.25, -0.2) is 0 Å². The number of unbranched alkanes of at least 4 members (excludes halogenated alkanes) is 22. The van der Waals surface area contributed by atoms with Gasteiger partial charge in [0, 0.05) is 0 Å². The molecule has 0 aliphatic rings. The first-order valence-electron chi connectivity index (χ1n) is 19.1. The van der Waals surface area contributed by atoms with Gasteiger partial charge in [0.1, 0.15) is 0 Å². The van der Waals surface area contributed by atoms with Crippen LogP contribution in [0.1, 0.15) is 194 Å². The predicted molar refractivity (Wildman–Crippen MR) is 195 cm³/mol. The number of rotatable bonds is 34. The quantitative estimate of drug-likeness (QED) is 0.0538. The van der Waals surface area contributed by atoms with Gasteiger partial charge in [0.15, 0.2) is 0 Å². The minimum atomic E-state index is 1.12. The number of hydrogen-bond donors (Lipinski definition) is 0. The van der Waals surface area contributed by atoms with Crippen molar-refractivity contribution in [2.45, 2.75) is 194 Å². The Morgan fingerprint density at radius 1 is 0.310 bits per heavy atom. The fourth-order valence-corrected chi connectivity index (χ4v) is 5.56. The summed E-state index contributed by atoms with van der Waals surface area (Å²) in [4.78, 5) is 2.57. The molecule has 0 aliphatic heterocycles. The Hall–Kier alpha value is -1.08. The SMILES string of the molecule is CCCCCC=CCC=CCCCCCCCCCCN(C)CCCCCCCCCCC=CCC=CCCCCC. The molecule has 1 heteroatoms. The first-order chi connectivity index (χ1) is 20.8. The molecule has 0 aliphatic carbocycles. The highest BCUT2D eigenvalue weighted by Crippen LogP contribution is 2.12. The zero-order valence-corrected chi connectivity index (χ0v) is 29.3. The fraction of sp³-hybridized carbons (Fsp3) is 0.805. The third-order valence-corrected chi connectivity index (χ3v) is 8.48. The summed E-state index contributed by atoms with van der Waals surface area (Å²) >= 11 is 0. The Labute approximate surface area is 266 Å². The summed E-state index contributed by atoms with van der Waals surface area (Å²) < 4.78 is 0. The smallest absolute Gasteiger partial charge is 0.00218 e. The van der Waals surface area contributed by atoms with Crippen LogP contribution in [-0.2, 0) is 0 Å². The van der Waals surface area contributed by atoms with Crippen molar-refractivity contribution >= 4 is 0 Å². The third-order valence-electron chi connectivity index (χ3n) is 8.48. The van der Waals surface area contributed by atoms with Gasteiger partial charge >= 0.3 is 0 Å². The van der Waals surface area contributed by atoms with Crippen LogP contribution in [-0.4, -0.2) is 25.0 Å². The van der Waals surface area contributed by atoms with Crippen molar-refractivity contribution in [2.75, 3.05) is 20.1 Å². The molecule has 0 rings (SSSR count). The molecule has 0 saturated heterocycles. The van der Waals surface area contributed by atoms with E-state index >= 15 is 0 Å². The molecule has 0 spiro atoms. The molecule has 42 heavy (non-hydrogen) atoms. The van der Waals surface area contributed by atoms with Crippen LogP contribution in [0.4, 0.5) is 0 Å². The molecule has 0 bridgehead atoms. The maximum atomic E-state index is 2.57. The zero-order chi connectivity index (χ0) is 30.4. The first-order valence-corrected chi connectivity index (χ1v) is 19.1. The van der Waals surface area contributed by atoms with Crippen LogP contribution in [0.3, 0.4) is 0 Å². The van der Waals surface area contributed by atoms with E-state index in [1.54, 1.807) is 0 Å². The lowest BCUT2D eigenvalue weighted by Gasteiger charge is -2.16. The van der Waals surface area contributed by atoms with Gasteiger partial charge in [0.25, 0.3) is 0 Å². The van der Waals surface area contributed by atoms with Gasteiger partial charge in [-0.2, -0.15) is 0 Å². The molecule has 246 valence electrons. The Balaban J connectivity index is 3.26. The van der Waals surface area contributed by atoms with Gasteiger partial charge in [-0.15, -0.1) is 0 Å². The Morgan fingerprint density at radius 3 is 0.881 bits per heavy atom. The molecule has 0 unspecified atom stereocenters. The van der Waals surface area contributed by atoms with Crippen LogP contribution in [0, 0.1) is 0 Å². The van der Waals surface area contributed by atoms with Crippen LogP contribution >= 0.6 is 0 Å². The molecule has 1 nitrogen and oxygen atoms in total. The summed E-state index contributed by atoms with van der Waals surface area (Å²) in [5.74, 6) is 0. The van der Waals surface area contributed by atoms with Gasteiger partial charge in [0.2, 0.25) is 0 Å². The Morgan fingerprint density at radius 2 is 0.571 bits per heavy atom. The van der Waals surface area contributed by atoms with Crippen molar-refractivity contribution in [3.05, 3.63) is 48.6 Å². The molecule has 0 fully saturated rings. The lowest BCUT2D eigenvalue weighted by atomic mass is 10.1. The van der Waals surface area contributed by atoms with Crippen LogP contribution in [0.25, 0.3) is 0 Å². The highest BCUT2D eigenvalue weighted by Gasteiger charge is 1.99. The maximum absolute atomic E-state index is 2.57. The minimum Gasteiger partial charge on any atom is -0.306 e. The topological polar surface area (TPSA) is 3.24 Å². The highest BCUT2D eigenvalue weighted by atomic mass is 15.1. The van der Waals surface area contributed by atoms with E-state index in [4.69, 9.17) is 0 Å². The van der Waals surface area contributed by atoms with E-state index in [9.17, 15) is 0 Å². The average molecular weight is 584 g/mol. The standard InChI is InChI=1S/C41H77N/c1-4-6-8-10-12-14-16-18-20-22-24-26-28-30-32-34-36-38-40-42(3)41-39-37-35-33-31-29-27-25-23-21-19-17-15-13-11-9-7-5-2/h12-15,18-21H,4-11,16-17,22-41H2,1-3H3. The summed E-state index contributed by atoms with van der Waals surface area (Å²) in [5.41, 5.74) is 0. The molecular weight excluding hydrogens is 506 g/mol. The molecule has 0 radical (unpaired) electrons. The second-order valence-corrected chi connectivity index (χ2v) is 12.9. The summed E-state index contributed by atoms with van der Waals surface area (Å²) in [6, 6.07) is 0. The molecule has 0 aromatic heterocycles. The van der Waals surface area contributed by atoms with Gasteiger partial charge in [-0.3, -0.25) is 0 Å². The summed E-state index contributed by atoms with van der Waals surface area (Å²) in [6.45, 7) is 7.14. The molecule has 0 atom stereocenters. The van der Waals surface area contributed by atoms with Crippen molar-refractivity contribution in [1.29, 1.82) is 0 Å². The van der Waals surface area contributed by atoms with Crippen LogP contribution in [0.2, 0.25) is 0 Å². The van der Waals surface area contributed by atoms with Gasteiger partial charge < -0.3 is 4.90 Å². The predicted octanol–water partition coefficient (Wildman–Crippen LogP) is 14.1. The van der Waals surface area contributed by atoms with Crippen molar-refractivity contribution < 1.29 is 0 Å². The lowest BCUT2D eigenvalue weighted by molar-refractivity contribution is 0.314. The zero-order valence-electron chi connectivity index (χ0n) is 29.3. The average Bonchev–Trinajstić information content (AvgIpc) is 3.00. The van der Waals surface area contributed by atoms with Crippen LogP contribution in [0.5, 0.6) is 0 Å². The lowest BCUT2D eigenvalue weighted by Crippen LogP contribution is -2.20. The molecule has 0 heterocycles. The summed E-state index contributed by atoms with van der Waals surface area (Å²) in [5, 5.41) is 0. The summed E-state index contributed by atoms with van der Waals surface area (Å²) in [6.07, 6.45) is 57.0. The molecule has 0 aromatic carbocycles. The number of allylic oxidation sites excluding steroid dienone is 8. The highest BCUT2D eigenvalue weighted by molar-refractivity contribution is 4.93. The first kappa shape index (κ1) is 40.9. The third kappa shape index (κ3) is 36.9. The largest absolute Gasteiger partial charge is 0.306 e. The van der Waals surface area contributed by atoms with E-state index < -0.39 is 0 Å². The number of hydrogen-bond acceptors (Lipinski definition) is 1. The van der Waals surface area contributed by atoms with E-state index in [1.807, 2.05) is 0 Å². The van der Waals surface area contributed by atoms with Crippen molar-refractivity contribution in [1.82, 2.24) is 4.90 Å². The normalized spacial score (nSPS) is 12.5. The molecule has 0 N–H and O–H groups in total. The number of nitrogens with zero attached hydrogens (tertiary/aromatic N) is 1. The summed E-state index contributed by atoms with van der Waals surface area (Å²) in [7, 11) is 2.33. The van der Waals surface area contributed by atoms with Crippen molar-refractivity contribution in [3.63, 3.8) is 0 Å². The second-order valence-electron chi connectivity index (χ2n) is 12.9. The van der Waals surface area contributed by atoms with E-state index in [0.29, 0.717) is 0 Å². The second kappa shape index (κ2) is 37.9. The van der Waals surface area contributed by atoms with Gasteiger partial charge in [-0.1, -0.05) is 165 Å². The van der Waals surface area contributed by atoms with E-state index in [0.717, 1.165) is 12.8 Å². The van der Waals surface area contributed by atoms with Gasteiger partial charge in [0.05, 0.1) is 0 Å². The van der Waals surface area contributed by atoms with Crippen molar-refractivity contribution in [2.24, 2.45) is 0 Å². The molecule has 0 saturated carbocycles. The molecule has 0 aromatic rings. The van der Waals surface area contributed by atoms with E-state index in [-0.39, 0.29) is 0 Å². The van der Waals surface area contributed by atoms with Crippen LogP contribution < -0.4 is 0 Å². The molecule has 0 amide bonds. The van der Waals surface area contributed by atoms with Crippen LogP contribution in [0.15, 0.2) is 48.6 Å². The van der Waals surface area contributed by atoms with E-state index in [2.05, 4.69) is 74.4 Å². The molecular formula is C41H77N. The van der Waals surface area contributed by atoms with Crippen molar-refractivity contribution in [3.8, 4) is 0 Å². The fourth-order valence-electron chi connectivity index (χ4n) is 5.56. The Kier molecular flexibility index (Phi) is 37.0.